The highest BCUT2D eigenvalue weighted by atomic mass is 35.5. The molecule has 2 amide bonds. The van der Waals surface area contributed by atoms with Gasteiger partial charge in [-0.15, -0.1) is 0 Å². The molecule has 0 bridgehead atoms. The van der Waals surface area contributed by atoms with Crippen molar-refractivity contribution >= 4 is 46.7 Å². The molecule has 0 fully saturated rings. The SMILES string of the molecule is CCOC(=O)c1ccc(NC(=O)C2NC(=O)COc3c2ccc(Cl)c3Cl)cc1. The highest BCUT2D eigenvalue weighted by Gasteiger charge is 2.31. The van der Waals surface area contributed by atoms with Crippen LogP contribution < -0.4 is 15.4 Å². The molecule has 0 aliphatic carbocycles. The molecule has 0 saturated carbocycles. The van der Waals surface area contributed by atoms with Gasteiger partial charge in [-0.25, -0.2) is 4.79 Å². The number of anilines is 1. The lowest BCUT2D eigenvalue weighted by Crippen LogP contribution is -2.37. The third-order valence-corrected chi connectivity index (χ3v) is 4.76. The Kier molecular flexibility index (Phi) is 6.06. The van der Waals surface area contributed by atoms with Crippen molar-refractivity contribution in [1.82, 2.24) is 5.32 Å². The van der Waals surface area contributed by atoms with E-state index in [4.69, 9.17) is 32.7 Å². The Bertz CT molecular complexity index is 931. The molecule has 1 atom stereocenters. The smallest absolute Gasteiger partial charge is 0.338 e. The van der Waals surface area contributed by atoms with E-state index >= 15 is 0 Å². The molecule has 2 aromatic rings. The lowest BCUT2D eigenvalue weighted by atomic mass is 10.0. The summed E-state index contributed by atoms with van der Waals surface area (Å²) in [4.78, 5) is 36.5. The molecule has 28 heavy (non-hydrogen) atoms. The number of carbonyl (C=O) groups excluding carboxylic acids is 3. The average molecular weight is 423 g/mol. The first-order valence-corrected chi connectivity index (χ1v) is 9.14. The van der Waals surface area contributed by atoms with E-state index in [0.717, 1.165) is 0 Å². The maximum absolute atomic E-state index is 12.8. The summed E-state index contributed by atoms with van der Waals surface area (Å²) in [6.45, 7) is 1.70. The van der Waals surface area contributed by atoms with E-state index in [-0.39, 0.29) is 29.0 Å². The monoisotopic (exact) mass is 422 g/mol. The van der Waals surface area contributed by atoms with Gasteiger partial charge in [0.05, 0.1) is 17.2 Å². The number of halogens is 2. The van der Waals surface area contributed by atoms with Gasteiger partial charge in [0, 0.05) is 11.3 Å². The highest BCUT2D eigenvalue weighted by molar-refractivity contribution is 6.43. The number of carbonyl (C=O) groups is 3. The zero-order valence-electron chi connectivity index (χ0n) is 14.8. The van der Waals surface area contributed by atoms with Crippen LogP contribution in [0, 0.1) is 0 Å². The third kappa shape index (κ3) is 4.21. The Balaban J connectivity index is 1.83. The van der Waals surface area contributed by atoms with Gasteiger partial charge < -0.3 is 20.1 Å². The van der Waals surface area contributed by atoms with Crippen molar-refractivity contribution in [2.24, 2.45) is 0 Å². The number of ether oxygens (including phenoxy) is 2. The zero-order chi connectivity index (χ0) is 20.3. The Morgan fingerprint density at radius 3 is 2.61 bits per heavy atom. The molecule has 0 spiro atoms. The molecule has 1 aliphatic heterocycles. The van der Waals surface area contributed by atoms with Crippen LogP contribution in [0.5, 0.6) is 5.75 Å². The normalized spacial score (nSPS) is 15.5. The van der Waals surface area contributed by atoms with Crippen LogP contribution in [0.3, 0.4) is 0 Å². The van der Waals surface area contributed by atoms with E-state index < -0.39 is 23.8 Å². The Hall–Kier alpha value is -2.77. The number of rotatable bonds is 4. The molecular weight excluding hydrogens is 407 g/mol. The summed E-state index contributed by atoms with van der Waals surface area (Å²) in [5, 5.41) is 5.68. The lowest BCUT2D eigenvalue weighted by Gasteiger charge is -2.18. The van der Waals surface area contributed by atoms with Gasteiger partial charge in [-0.1, -0.05) is 29.3 Å². The fourth-order valence-corrected chi connectivity index (χ4v) is 3.04. The molecule has 2 aromatic carbocycles. The molecule has 3 rings (SSSR count). The fourth-order valence-electron chi connectivity index (χ4n) is 2.66. The van der Waals surface area contributed by atoms with E-state index in [1.807, 2.05) is 0 Å². The lowest BCUT2D eigenvalue weighted by molar-refractivity contribution is -0.127. The molecule has 2 N–H and O–H groups in total. The summed E-state index contributed by atoms with van der Waals surface area (Å²) in [6.07, 6.45) is 0. The molecule has 1 unspecified atom stereocenters. The fraction of sp³-hybridized carbons (Fsp3) is 0.211. The standard InChI is InChI=1S/C19H16Cl2N2O5/c1-2-27-19(26)10-3-5-11(6-4-10)22-18(25)16-12-7-8-13(20)15(21)17(12)28-9-14(24)23-16/h3-8,16H,2,9H2,1H3,(H,22,25)(H,23,24). The van der Waals surface area contributed by atoms with Crippen LogP contribution in [0.2, 0.25) is 10.0 Å². The Morgan fingerprint density at radius 2 is 1.93 bits per heavy atom. The van der Waals surface area contributed by atoms with Crippen LogP contribution in [-0.4, -0.2) is 31.0 Å². The van der Waals surface area contributed by atoms with Gasteiger partial charge in [0.25, 0.3) is 11.8 Å². The number of hydrogen-bond donors (Lipinski definition) is 2. The van der Waals surface area contributed by atoms with Gasteiger partial charge in [0.1, 0.15) is 16.8 Å². The summed E-state index contributed by atoms with van der Waals surface area (Å²) < 4.78 is 10.3. The first kappa shape index (κ1) is 20.0. The van der Waals surface area contributed by atoms with Crippen LogP contribution in [-0.2, 0) is 14.3 Å². The van der Waals surface area contributed by atoms with Gasteiger partial charge in [-0.05, 0) is 37.3 Å². The van der Waals surface area contributed by atoms with Crippen molar-refractivity contribution in [2.75, 3.05) is 18.5 Å². The van der Waals surface area contributed by atoms with Gasteiger partial charge >= 0.3 is 5.97 Å². The summed E-state index contributed by atoms with van der Waals surface area (Å²) in [5.74, 6) is -1.23. The van der Waals surface area contributed by atoms with E-state index in [0.29, 0.717) is 16.8 Å². The molecule has 1 aliphatic rings. The topological polar surface area (TPSA) is 93.7 Å². The van der Waals surface area contributed by atoms with Crippen molar-refractivity contribution in [1.29, 1.82) is 0 Å². The molecule has 0 radical (unpaired) electrons. The number of fused-ring (bicyclic) bond motifs is 1. The molecule has 1 heterocycles. The van der Waals surface area contributed by atoms with E-state index in [1.54, 1.807) is 25.1 Å². The second-order valence-electron chi connectivity index (χ2n) is 5.86. The minimum Gasteiger partial charge on any atom is -0.482 e. The zero-order valence-corrected chi connectivity index (χ0v) is 16.3. The number of hydrogen-bond acceptors (Lipinski definition) is 5. The van der Waals surface area contributed by atoms with E-state index in [2.05, 4.69) is 10.6 Å². The van der Waals surface area contributed by atoms with Gasteiger partial charge in [0.15, 0.2) is 6.61 Å². The molecular formula is C19H16Cl2N2O5. The van der Waals surface area contributed by atoms with Crippen molar-refractivity contribution < 1.29 is 23.9 Å². The minimum absolute atomic E-state index is 0.132. The molecule has 0 saturated heterocycles. The summed E-state index contributed by atoms with van der Waals surface area (Å²) >= 11 is 12.2. The van der Waals surface area contributed by atoms with Crippen LogP contribution >= 0.6 is 23.2 Å². The molecule has 7 nitrogen and oxygen atoms in total. The number of benzene rings is 2. The largest absolute Gasteiger partial charge is 0.482 e. The van der Waals surface area contributed by atoms with Crippen LogP contribution in [0.15, 0.2) is 36.4 Å². The Morgan fingerprint density at radius 1 is 1.21 bits per heavy atom. The average Bonchev–Trinajstić information content (AvgIpc) is 2.85. The second kappa shape index (κ2) is 8.50. The summed E-state index contributed by atoms with van der Waals surface area (Å²) in [6, 6.07) is 8.27. The number of esters is 1. The first-order valence-electron chi connectivity index (χ1n) is 8.38. The van der Waals surface area contributed by atoms with Crippen LogP contribution in [0.4, 0.5) is 5.69 Å². The second-order valence-corrected chi connectivity index (χ2v) is 6.64. The predicted molar refractivity (Wildman–Crippen MR) is 104 cm³/mol. The predicted octanol–water partition coefficient (Wildman–Crippen LogP) is 3.36. The Labute approximate surface area is 170 Å². The van der Waals surface area contributed by atoms with E-state index in [1.165, 1.54) is 18.2 Å². The van der Waals surface area contributed by atoms with Crippen molar-refractivity contribution in [3.63, 3.8) is 0 Å². The van der Waals surface area contributed by atoms with Gasteiger partial charge in [-0.2, -0.15) is 0 Å². The van der Waals surface area contributed by atoms with Gasteiger partial charge in [-0.3, -0.25) is 9.59 Å². The van der Waals surface area contributed by atoms with Gasteiger partial charge in [0.2, 0.25) is 0 Å². The molecule has 9 heteroatoms. The first-order chi connectivity index (χ1) is 13.4. The quantitative estimate of drug-likeness (QED) is 0.736. The molecule has 0 aromatic heterocycles. The molecule has 146 valence electrons. The maximum Gasteiger partial charge on any atom is 0.338 e. The third-order valence-electron chi connectivity index (χ3n) is 3.97. The van der Waals surface area contributed by atoms with Crippen LogP contribution in [0.1, 0.15) is 28.9 Å². The number of nitrogens with one attached hydrogen (secondary N) is 2. The minimum atomic E-state index is -1.02. The van der Waals surface area contributed by atoms with Crippen molar-refractivity contribution in [2.45, 2.75) is 13.0 Å². The summed E-state index contributed by atoms with van der Waals surface area (Å²) in [5.41, 5.74) is 1.20. The van der Waals surface area contributed by atoms with E-state index in [9.17, 15) is 14.4 Å². The number of amides is 2. The summed E-state index contributed by atoms with van der Waals surface area (Å²) in [7, 11) is 0. The maximum atomic E-state index is 12.8. The highest BCUT2D eigenvalue weighted by Crippen LogP contribution is 2.39. The van der Waals surface area contributed by atoms with Crippen molar-refractivity contribution in [3.05, 3.63) is 57.6 Å². The van der Waals surface area contributed by atoms with Crippen LogP contribution in [0.25, 0.3) is 0 Å². The van der Waals surface area contributed by atoms with Crippen molar-refractivity contribution in [3.8, 4) is 5.75 Å².